The van der Waals surface area contributed by atoms with E-state index >= 15 is 0 Å². The zero-order valence-corrected chi connectivity index (χ0v) is 18.4. The molecule has 4 aromatic rings. The van der Waals surface area contributed by atoms with Crippen molar-refractivity contribution in [2.75, 3.05) is 25.6 Å². The van der Waals surface area contributed by atoms with E-state index in [1.165, 1.54) is 0 Å². The molecule has 0 fully saturated rings. The van der Waals surface area contributed by atoms with Gasteiger partial charge in [0.15, 0.2) is 0 Å². The lowest BCUT2D eigenvalue weighted by molar-refractivity contribution is 0.0929. The molecule has 3 aromatic carbocycles. The van der Waals surface area contributed by atoms with Gasteiger partial charge >= 0.3 is 0 Å². The van der Waals surface area contributed by atoms with Gasteiger partial charge in [0.1, 0.15) is 10.6 Å². The molecule has 0 saturated heterocycles. The first-order valence-electron chi connectivity index (χ1n) is 10.4. The van der Waals surface area contributed by atoms with E-state index in [0.717, 1.165) is 49.5 Å². The second-order valence-electron chi connectivity index (χ2n) is 7.92. The monoisotopic (exact) mass is 428 g/mol. The van der Waals surface area contributed by atoms with Crippen LogP contribution in [0.25, 0.3) is 21.2 Å². The van der Waals surface area contributed by atoms with Crippen LogP contribution in [-0.2, 0) is 0 Å². The van der Waals surface area contributed by atoms with Crippen LogP contribution in [0.5, 0.6) is 5.75 Å². The number of hydrogen-bond donors (Lipinski definition) is 1. The number of nitrogens with zero attached hydrogens (tertiary/aromatic N) is 1. The van der Waals surface area contributed by atoms with Crippen LogP contribution in [0.3, 0.4) is 0 Å². The Labute approximate surface area is 186 Å². The van der Waals surface area contributed by atoms with Gasteiger partial charge in [-0.1, -0.05) is 66.7 Å². The summed E-state index contributed by atoms with van der Waals surface area (Å²) in [5.41, 5.74) is 4.32. The maximum Gasteiger partial charge on any atom is 0.264 e. The van der Waals surface area contributed by atoms with Gasteiger partial charge in [-0.05, 0) is 17.2 Å². The average Bonchev–Trinajstić information content (AvgIpc) is 3.20. The predicted molar refractivity (Wildman–Crippen MR) is 128 cm³/mol. The van der Waals surface area contributed by atoms with Crippen LogP contribution in [0, 0.1) is 0 Å². The normalized spacial score (nSPS) is 15.2. The summed E-state index contributed by atoms with van der Waals surface area (Å²) in [6.07, 6.45) is 0.764. The fourth-order valence-corrected chi connectivity index (χ4v) is 5.58. The third-order valence-electron chi connectivity index (χ3n) is 5.69. The molecule has 0 radical (unpaired) electrons. The average molecular weight is 429 g/mol. The fraction of sp³-hybridized carbons (Fsp3) is 0.192. The molecule has 0 bridgehead atoms. The lowest BCUT2D eigenvalue weighted by atomic mass is 10.0. The Morgan fingerprint density at radius 1 is 1.00 bits per heavy atom. The Morgan fingerprint density at radius 3 is 2.58 bits per heavy atom. The summed E-state index contributed by atoms with van der Waals surface area (Å²) in [5, 5.41) is 4.38. The van der Waals surface area contributed by atoms with Gasteiger partial charge in [-0.15, -0.1) is 11.3 Å². The molecule has 4 nitrogen and oxygen atoms in total. The van der Waals surface area contributed by atoms with Gasteiger partial charge in [-0.2, -0.15) is 0 Å². The lowest BCUT2D eigenvalue weighted by Gasteiger charge is -2.26. The number of fused-ring (bicyclic) bond motifs is 2. The number of ether oxygens (including phenoxy) is 1. The largest absolute Gasteiger partial charge is 0.493 e. The van der Waals surface area contributed by atoms with E-state index < -0.39 is 0 Å². The smallest absolute Gasteiger partial charge is 0.264 e. The van der Waals surface area contributed by atoms with Crippen LogP contribution < -0.4 is 15.0 Å². The molecule has 1 aromatic heterocycles. The van der Waals surface area contributed by atoms with E-state index in [1.807, 2.05) is 61.5 Å². The van der Waals surface area contributed by atoms with E-state index in [9.17, 15) is 4.79 Å². The molecular weight excluding hydrogens is 404 g/mol. The number of nitrogens with one attached hydrogen (secondary N) is 1. The van der Waals surface area contributed by atoms with Crippen LogP contribution in [-0.4, -0.2) is 26.6 Å². The summed E-state index contributed by atoms with van der Waals surface area (Å²) < 4.78 is 6.89. The van der Waals surface area contributed by atoms with Crippen molar-refractivity contribution in [2.24, 2.45) is 0 Å². The third-order valence-corrected chi connectivity index (χ3v) is 6.92. The van der Waals surface area contributed by atoms with Crippen molar-refractivity contribution < 1.29 is 9.53 Å². The summed E-state index contributed by atoms with van der Waals surface area (Å²) in [4.78, 5) is 16.3. The molecule has 1 atom stereocenters. The van der Waals surface area contributed by atoms with E-state index in [1.54, 1.807) is 11.3 Å². The molecule has 5 rings (SSSR count). The van der Waals surface area contributed by atoms with Crippen molar-refractivity contribution >= 4 is 33.0 Å². The topological polar surface area (TPSA) is 41.6 Å². The predicted octanol–water partition coefficient (Wildman–Crippen LogP) is 5.89. The van der Waals surface area contributed by atoms with Crippen molar-refractivity contribution in [3.05, 3.63) is 83.2 Å². The Morgan fingerprint density at radius 2 is 1.77 bits per heavy atom. The summed E-state index contributed by atoms with van der Waals surface area (Å²) in [6, 6.07) is 24.5. The molecule has 0 saturated carbocycles. The van der Waals surface area contributed by atoms with Gasteiger partial charge < -0.3 is 15.0 Å². The van der Waals surface area contributed by atoms with Crippen LogP contribution in [0.15, 0.2) is 72.8 Å². The first kappa shape index (κ1) is 19.6. The molecular formula is C26H24N2O2S. The zero-order chi connectivity index (χ0) is 21.4. The molecule has 1 amide bonds. The van der Waals surface area contributed by atoms with Crippen molar-refractivity contribution in [2.45, 2.75) is 12.5 Å². The SMILES string of the molecule is CN(C)c1c(C(=O)N[C@H]2CCOc3ccccc32)sc2c(-c3ccccc3)cccc12. The van der Waals surface area contributed by atoms with Crippen molar-refractivity contribution in [3.63, 3.8) is 0 Å². The Bertz CT molecular complexity index is 1250. The molecule has 1 aliphatic rings. The second kappa shape index (κ2) is 8.08. The standard InChI is InChI=1S/C26H24N2O2S/c1-28(2)23-20-13-8-12-18(17-9-4-3-5-10-17)24(20)31-25(23)26(29)27-21-15-16-30-22-14-7-6-11-19(21)22/h3-14,21H,15-16H2,1-2H3,(H,27,29)/t21-/m0/s1. The zero-order valence-electron chi connectivity index (χ0n) is 17.6. The number of anilines is 1. The number of rotatable bonds is 4. The number of benzene rings is 3. The highest BCUT2D eigenvalue weighted by atomic mass is 32.1. The van der Waals surface area contributed by atoms with E-state index in [-0.39, 0.29) is 11.9 Å². The highest BCUT2D eigenvalue weighted by molar-refractivity contribution is 7.22. The molecule has 0 spiro atoms. The molecule has 1 N–H and O–H groups in total. The van der Waals surface area contributed by atoms with Gasteiger partial charge in [-0.3, -0.25) is 4.79 Å². The van der Waals surface area contributed by atoms with Crippen LogP contribution in [0.1, 0.15) is 27.7 Å². The quantitative estimate of drug-likeness (QED) is 0.441. The van der Waals surface area contributed by atoms with Crippen LogP contribution >= 0.6 is 11.3 Å². The van der Waals surface area contributed by atoms with Gasteiger partial charge in [0, 0.05) is 36.2 Å². The molecule has 0 unspecified atom stereocenters. The maximum atomic E-state index is 13.5. The van der Waals surface area contributed by atoms with Gasteiger partial charge in [0.05, 0.1) is 18.3 Å². The number of para-hydroxylation sites is 1. The summed E-state index contributed by atoms with van der Waals surface area (Å²) in [6.45, 7) is 0.604. The molecule has 156 valence electrons. The number of carbonyl (C=O) groups is 1. The minimum absolute atomic E-state index is 0.0365. The number of hydrogen-bond acceptors (Lipinski definition) is 4. The maximum absolute atomic E-state index is 13.5. The highest BCUT2D eigenvalue weighted by Crippen LogP contribution is 2.43. The summed E-state index contributed by atoms with van der Waals surface area (Å²) in [5.74, 6) is 0.820. The molecule has 1 aliphatic heterocycles. The van der Waals surface area contributed by atoms with Gasteiger partial charge in [0.25, 0.3) is 5.91 Å². The first-order chi connectivity index (χ1) is 15.1. The van der Waals surface area contributed by atoms with Gasteiger partial charge in [0.2, 0.25) is 0 Å². The highest BCUT2D eigenvalue weighted by Gasteiger charge is 2.27. The van der Waals surface area contributed by atoms with E-state index in [0.29, 0.717) is 6.61 Å². The minimum atomic E-state index is -0.0498. The van der Waals surface area contributed by atoms with Crippen LogP contribution in [0.4, 0.5) is 5.69 Å². The second-order valence-corrected chi connectivity index (χ2v) is 8.94. The molecule has 2 heterocycles. The number of carbonyl (C=O) groups excluding carboxylic acids is 1. The number of amides is 1. The molecule has 0 aliphatic carbocycles. The first-order valence-corrected chi connectivity index (χ1v) is 11.3. The van der Waals surface area contributed by atoms with Crippen molar-refractivity contribution in [3.8, 4) is 16.9 Å². The van der Waals surface area contributed by atoms with Crippen molar-refractivity contribution in [1.82, 2.24) is 5.32 Å². The molecule has 5 heteroatoms. The summed E-state index contributed by atoms with van der Waals surface area (Å²) in [7, 11) is 3.99. The van der Waals surface area contributed by atoms with Crippen LogP contribution in [0.2, 0.25) is 0 Å². The third kappa shape index (κ3) is 3.55. The Hall–Kier alpha value is -3.31. The fourth-order valence-electron chi connectivity index (χ4n) is 4.26. The Balaban J connectivity index is 1.57. The van der Waals surface area contributed by atoms with E-state index in [4.69, 9.17) is 4.74 Å². The van der Waals surface area contributed by atoms with Gasteiger partial charge in [-0.25, -0.2) is 0 Å². The Kier molecular flexibility index (Phi) is 5.12. The lowest BCUT2D eigenvalue weighted by Crippen LogP contribution is -2.32. The summed E-state index contributed by atoms with van der Waals surface area (Å²) >= 11 is 1.57. The van der Waals surface area contributed by atoms with Crippen molar-refractivity contribution in [1.29, 1.82) is 0 Å². The minimum Gasteiger partial charge on any atom is -0.493 e. The molecule has 31 heavy (non-hydrogen) atoms. The van der Waals surface area contributed by atoms with E-state index in [2.05, 4.69) is 35.6 Å². The number of thiophene rings is 1.